The first-order valence-corrected chi connectivity index (χ1v) is 5.85. The minimum absolute atomic E-state index is 0.675. The molecule has 0 aliphatic heterocycles. The molecule has 0 radical (unpaired) electrons. The van der Waals surface area contributed by atoms with E-state index in [0.717, 1.165) is 0 Å². The third-order valence-corrected chi connectivity index (χ3v) is 2.60. The largest absolute Gasteiger partial charge is 0.309 e. The van der Waals surface area contributed by atoms with Gasteiger partial charge >= 0.3 is 0 Å². The molecule has 0 aliphatic carbocycles. The maximum Gasteiger partial charge on any atom is 0.00412 e. The van der Waals surface area contributed by atoms with Gasteiger partial charge in [0.2, 0.25) is 0 Å². The van der Waals surface area contributed by atoms with Crippen LogP contribution in [0.3, 0.4) is 0 Å². The van der Waals surface area contributed by atoms with Crippen molar-refractivity contribution in [2.45, 2.75) is 52.6 Å². The second-order valence-electron chi connectivity index (χ2n) is 4.94. The summed E-state index contributed by atoms with van der Waals surface area (Å²) in [4.78, 5) is 4.82. The van der Waals surface area contributed by atoms with Crippen LogP contribution < -0.4 is 0 Å². The van der Waals surface area contributed by atoms with Crippen LogP contribution in [0.15, 0.2) is 0 Å². The minimum Gasteiger partial charge on any atom is -0.309 e. The van der Waals surface area contributed by atoms with E-state index in [4.69, 9.17) is 0 Å². The summed E-state index contributed by atoms with van der Waals surface area (Å²) in [6, 6.07) is 1.35. The van der Waals surface area contributed by atoms with Crippen LogP contribution in [0, 0.1) is 0 Å². The molecule has 0 aromatic heterocycles. The number of nitrogens with zero attached hydrogens (tertiary/aromatic N) is 2. The summed E-state index contributed by atoms with van der Waals surface area (Å²) in [5.74, 6) is 0. The molecule has 2 nitrogen and oxygen atoms in total. The van der Waals surface area contributed by atoms with Crippen LogP contribution in [0.1, 0.15) is 40.5 Å². The molecule has 0 aliphatic rings. The third kappa shape index (κ3) is 6.39. The molecule has 0 unspecified atom stereocenters. The molecule has 2 heteroatoms. The van der Waals surface area contributed by atoms with Crippen molar-refractivity contribution in [3.05, 3.63) is 0 Å². The molecule has 0 fully saturated rings. The van der Waals surface area contributed by atoms with Crippen molar-refractivity contribution in [3.8, 4) is 0 Å². The van der Waals surface area contributed by atoms with Gasteiger partial charge in [0.25, 0.3) is 0 Å². The van der Waals surface area contributed by atoms with Crippen LogP contribution in [0.25, 0.3) is 0 Å². The van der Waals surface area contributed by atoms with Crippen molar-refractivity contribution >= 4 is 0 Å². The van der Waals surface area contributed by atoms with Gasteiger partial charge in [0.15, 0.2) is 0 Å². The maximum absolute atomic E-state index is 2.57. The predicted octanol–water partition coefficient (Wildman–Crippen LogP) is 2.45. The molecule has 0 aromatic carbocycles. The second kappa shape index (κ2) is 7.24. The summed E-state index contributed by atoms with van der Waals surface area (Å²) < 4.78 is 0. The van der Waals surface area contributed by atoms with Gasteiger partial charge in [0.1, 0.15) is 0 Å². The first-order valence-electron chi connectivity index (χ1n) is 5.85. The van der Waals surface area contributed by atoms with Crippen molar-refractivity contribution < 1.29 is 0 Å². The molecule has 0 atom stereocenters. The second-order valence-corrected chi connectivity index (χ2v) is 4.94. The number of hydrogen-bond donors (Lipinski definition) is 0. The average Bonchev–Trinajstić information content (AvgIpc) is 2.01. The molecule has 0 N–H and O–H groups in total. The summed E-state index contributed by atoms with van der Waals surface area (Å²) in [7, 11) is 4.28. The zero-order valence-corrected chi connectivity index (χ0v) is 10.9. The maximum atomic E-state index is 2.57. The molecule has 0 saturated heterocycles. The quantitative estimate of drug-likeness (QED) is 0.582. The van der Waals surface area contributed by atoms with Gasteiger partial charge in [-0.1, -0.05) is 0 Å². The first-order chi connectivity index (χ1) is 6.45. The molecule has 86 valence electrons. The number of hydrogen-bond acceptors (Lipinski definition) is 2. The number of rotatable bonds is 7. The molecular formula is C12H28N2. The fourth-order valence-electron chi connectivity index (χ4n) is 1.84. The minimum atomic E-state index is 0.675. The van der Waals surface area contributed by atoms with E-state index < -0.39 is 0 Å². The highest BCUT2D eigenvalue weighted by Gasteiger charge is 2.11. The highest BCUT2D eigenvalue weighted by molar-refractivity contribution is 4.67. The van der Waals surface area contributed by atoms with E-state index in [-0.39, 0.29) is 0 Å². The molecule has 0 aromatic rings. The summed E-state index contributed by atoms with van der Waals surface area (Å²) >= 11 is 0. The van der Waals surface area contributed by atoms with Crippen LogP contribution in [-0.2, 0) is 0 Å². The summed E-state index contributed by atoms with van der Waals surface area (Å²) in [5.41, 5.74) is 0. The van der Waals surface area contributed by atoms with E-state index in [0.29, 0.717) is 12.1 Å². The molecule has 0 heterocycles. The van der Waals surface area contributed by atoms with Crippen LogP contribution in [-0.4, -0.2) is 49.1 Å². The Balaban J connectivity index is 3.62. The van der Waals surface area contributed by atoms with Gasteiger partial charge in [-0.3, -0.25) is 4.90 Å². The van der Waals surface area contributed by atoms with Crippen molar-refractivity contribution in [1.82, 2.24) is 9.80 Å². The Morgan fingerprint density at radius 3 is 1.57 bits per heavy atom. The molecule has 0 saturated carbocycles. The monoisotopic (exact) mass is 200 g/mol. The summed E-state index contributed by atoms with van der Waals surface area (Å²) in [5, 5.41) is 0. The van der Waals surface area contributed by atoms with Gasteiger partial charge in [-0.2, -0.15) is 0 Å². The van der Waals surface area contributed by atoms with Crippen molar-refractivity contribution in [2.75, 3.05) is 27.2 Å². The Bertz CT molecular complexity index is 122. The molecule has 0 bridgehead atoms. The van der Waals surface area contributed by atoms with Gasteiger partial charge in [-0.05, 0) is 67.7 Å². The third-order valence-electron chi connectivity index (χ3n) is 2.60. The Morgan fingerprint density at radius 1 is 0.786 bits per heavy atom. The van der Waals surface area contributed by atoms with Crippen LogP contribution in [0.4, 0.5) is 0 Å². The van der Waals surface area contributed by atoms with Gasteiger partial charge in [0.05, 0.1) is 0 Å². The van der Waals surface area contributed by atoms with Crippen LogP contribution >= 0.6 is 0 Å². The van der Waals surface area contributed by atoms with Gasteiger partial charge in [-0.15, -0.1) is 0 Å². The first kappa shape index (κ1) is 13.9. The summed E-state index contributed by atoms with van der Waals surface area (Å²) in [6.07, 6.45) is 2.62. The predicted molar refractivity (Wildman–Crippen MR) is 64.8 cm³/mol. The highest BCUT2D eigenvalue weighted by atomic mass is 15.2. The van der Waals surface area contributed by atoms with Crippen molar-refractivity contribution in [1.29, 1.82) is 0 Å². The van der Waals surface area contributed by atoms with E-state index in [2.05, 4.69) is 51.6 Å². The zero-order valence-electron chi connectivity index (χ0n) is 10.9. The Morgan fingerprint density at radius 2 is 1.21 bits per heavy atom. The van der Waals surface area contributed by atoms with Crippen molar-refractivity contribution in [3.63, 3.8) is 0 Å². The normalized spacial score (nSPS) is 12.4. The Hall–Kier alpha value is -0.0800. The van der Waals surface area contributed by atoms with E-state index in [1.54, 1.807) is 0 Å². The standard InChI is InChI=1S/C12H28N2/c1-11(2)14(12(3)4)10-8-7-9-13(5)6/h11-12H,7-10H2,1-6H3. The molecule has 14 heavy (non-hydrogen) atoms. The van der Waals surface area contributed by atoms with Crippen LogP contribution in [0.5, 0.6) is 0 Å². The lowest BCUT2D eigenvalue weighted by atomic mass is 10.2. The van der Waals surface area contributed by atoms with Gasteiger partial charge in [-0.25, -0.2) is 0 Å². The Kier molecular flexibility index (Phi) is 7.20. The Labute approximate surface area is 90.3 Å². The SMILES string of the molecule is CC(C)N(CCCCN(C)C)C(C)C. The van der Waals surface area contributed by atoms with E-state index >= 15 is 0 Å². The number of unbranched alkanes of at least 4 members (excludes halogenated alkanes) is 1. The molecule has 0 rings (SSSR count). The summed E-state index contributed by atoms with van der Waals surface area (Å²) in [6.45, 7) is 11.6. The average molecular weight is 200 g/mol. The van der Waals surface area contributed by atoms with Crippen molar-refractivity contribution in [2.24, 2.45) is 0 Å². The lowest BCUT2D eigenvalue weighted by Gasteiger charge is -2.30. The lowest BCUT2D eigenvalue weighted by molar-refractivity contribution is 0.170. The molecule has 0 amide bonds. The van der Waals surface area contributed by atoms with E-state index in [9.17, 15) is 0 Å². The van der Waals surface area contributed by atoms with E-state index in [1.165, 1.54) is 25.9 Å². The lowest BCUT2D eigenvalue weighted by Crippen LogP contribution is -2.37. The smallest absolute Gasteiger partial charge is 0.00412 e. The van der Waals surface area contributed by atoms with Crippen LogP contribution in [0.2, 0.25) is 0 Å². The van der Waals surface area contributed by atoms with Gasteiger partial charge in [0, 0.05) is 12.1 Å². The highest BCUT2D eigenvalue weighted by Crippen LogP contribution is 2.06. The van der Waals surface area contributed by atoms with E-state index in [1.807, 2.05) is 0 Å². The molecular weight excluding hydrogens is 172 g/mol. The zero-order chi connectivity index (χ0) is 11.1. The molecule has 0 spiro atoms. The fraction of sp³-hybridized carbons (Fsp3) is 1.00. The fourth-order valence-corrected chi connectivity index (χ4v) is 1.84. The van der Waals surface area contributed by atoms with Gasteiger partial charge < -0.3 is 4.90 Å². The topological polar surface area (TPSA) is 6.48 Å².